The third-order valence-corrected chi connectivity index (χ3v) is 3.35. The lowest BCUT2D eigenvalue weighted by atomic mass is 9.89. The molecule has 0 unspecified atom stereocenters. The third-order valence-electron chi connectivity index (χ3n) is 3.35. The molecule has 1 saturated carbocycles. The first kappa shape index (κ1) is 14.9. The summed E-state index contributed by atoms with van der Waals surface area (Å²) in [4.78, 5) is 0. The molecule has 0 radical (unpaired) electrons. The quantitative estimate of drug-likeness (QED) is 0.720. The Hall–Kier alpha value is -0.120. The average molecular weight is 243 g/mol. The molecule has 1 rings (SSSR count). The Kier molecular flexibility index (Phi) is 7.09. The van der Waals surface area contributed by atoms with Crippen molar-refractivity contribution >= 4 is 0 Å². The predicted molar refractivity (Wildman–Crippen MR) is 71.1 cm³/mol. The third kappa shape index (κ3) is 7.02. The lowest BCUT2D eigenvalue weighted by molar-refractivity contribution is -0.0306. The minimum absolute atomic E-state index is 0.369. The van der Waals surface area contributed by atoms with Crippen molar-refractivity contribution in [2.45, 2.75) is 58.7 Å². The molecule has 0 spiro atoms. The van der Waals surface area contributed by atoms with Crippen LogP contribution in [0.25, 0.3) is 0 Å². The molecular weight excluding hydrogens is 214 g/mol. The number of aliphatic hydroxyl groups is 1. The summed E-state index contributed by atoms with van der Waals surface area (Å²) < 4.78 is 5.78. The van der Waals surface area contributed by atoms with Crippen molar-refractivity contribution in [1.82, 2.24) is 5.32 Å². The summed E-state index contributed by atoms with van der Waals surface area (Å²) in [7, 11) is 0. The van der Waals surface area contributed by atoms with Gasteiger partial charge in [-0.05, 0) is 31.2 Å². The van der Waals surface area contributed by atoms with E-state index in [0.717, 1.165) is 25.3 Å². The van der Waals surface area contributed by atoms with Crippen molar-refractivity contribution in [3.8, 4) is 0 Å². The van der Waals surface area contributed by atoms with E-state index in [1.807, 2.05) is 0 Å². The van der Waals surface area contributed by atoms with Gasteiger partial charge in [0.25, 0.3) is 0 Å². The normalized spacial score (nSPS) is 27.4. The van der Waals surface area contributed by atoms with E-state index in [2.05, 4.69) is 26.1 Å². The number of hydrogen-bond donors (Lipinski definition) is 2. The molecular formula is C14H29NO2. The maximum atomic E-state index is 9.77. The lowest BCUT2D eigenvalue weighted by Gasteiger charge is -2.27. The molecule has 102 valence electrons. The maximum Gasteiger partial charge on any atom is 0.0897 e. The van der Waals surface area contributed by atoms with Crippen LogP contribution in [-0.4, -0.2) is 37.0 Å². The minimum atomic E-state index is -0.369. The molecule has 0 aromatic heterocycles. The Morgan fingerprint density at radius 1 is 1.29 bits per heavy atom. The Labute approximate surface area is 106 Å². The molecule has 0 aliphatic heterocycles. The first-order valence-electron chi connectivity index (χ1n) is 7.08. The van der Waals surface area contributed by atoms with E-state index in [1.165, 1.54) is 12.8 Å². The van der Waals surface area contributed by atoms with E-state index in [1.54, 1.807) is 0 Å². The van der Waals surface area contributed by atoms with Gasteiger partial charge >= 0.3 is 0 Å². The highest BCUT2D eigenvalue weighted by molar-refractivity contribution is 4.71. The Morgan fingerprint density at radius 3 is 2.71 bits per heavy atom. The van der Waals surface area contributed by atoms with Gasteiger partial charge in [0, 0.05) is 6.54 Å². The fraction of sp³-hybridized carbons (Fsp3) is 1.00. The SMILES string of the molecule is CC(C)CNC[C@@H](O)CO[C@@H]1CCC[C@@H](C)C1. The monoisotopic (exact) mass is 243 g/mol. The first-order chi connectivity index (χ1) is 8.08. The smallest absolute Gasteiger partial charge is 0.0897 e. The molecule has 0 amide bonds. The summed E-state index contributed by atoms with van der Waals surface area (Å²) in [5, 5.41) is 13.0. The van der Waals surface area contributed by atoms with Crippen LogP contribution in [-0.2, 0) is 4.74 Å². The van der Waals surface area contributed by atoms with E-state index in [-0.39, 0.29) is 6.10 Å². The topological polar surface area (TPSA) is 41.5 Å². The van der Waals surface area contributed by atoms with Gasteiger partial charge in [0.2, 0.25) is 0 Å². The molecule has 0 heterocycles. The second-order valence-corrected chi connectivity index (χ2v) is 5.93. The molecule has 0 aromatic rings. The zero-order valence-corrected chi connectivity index (χ0v) is 11.6. The van der Waals surface area contributed by atoms with Crippen LogP contribution in [0, 0.1) is 11.8 Å². The van der Waals surface area contributed by atoms with Crippen LogP contribution >= 0.6 is 0 Å². The summed E-state index contributed by atoms with van der Waals surface area (Å²) >= 11 is 0. The number of rotatable bonds is 7. The minimum Gasteiger partial charge on any atom is -0.389 e. The molecule has 3 heteroatoms. The van der Waals surface area contributed by atoms with Gasteiger partial charge in [-0.1, -0.05) is 33.6 Å². The molecule has 0 aromatic carbocycles. The van der Waals surface area contributed by atoms with Crippen molar-refractivity contribution < 1.29 is 9.84 Å². The van der Waals surface area contributed by atoms with Crippen molar-refractivity contribution in [1.29, 1.82) is 0 Å². The van der Waals surface area contributed by atoms with Crippen LogP contribution < -0.4 is 5.32 Å². The Morgan fingerprint density at radius 2 is 2.06 bits per heavy atom. The predicted octanol–water partition coefficient (Wildman–Crippen LogP) is 2.19. The van der Waals surface area contributed by atoms with Gasteiger partial charge in [-0.15, -0.1) is 0 Å². The lowest BCUT2D eigenvalue weighted by Crippen LogP contribution is -2.34. The molecule has 1 aliphatic carbocycles. The summed E-state index contributed by atoms with van der Waals surface area (Å²) in [6, 6.07) is 0. The second kappa shape index (κ2) is 8.06. The van der Waals surface area contributed by atoms with Crippen LogP contribution in [0.1, 0.15) is 46.5 Å². The van der Waals surface area contributed by atoms with E-state index >= 15 is 0 Å². The van der Waals surface area contributed by atoms with E-state index in [4.69, 9.17) is 4.74 Å². The van der Waals surface area contributed by atoms with Crippen molar-refractivity contribution in [2.75, 3.05) is 19.7 Å². The first-order valence-corrected chi connectivity index (χ1v) is 7.08. The summed E-state index contributed by atoms with van der Waals surface area (Å²) in [6.07, 6.45) is 4.93. The fourth-order valence-corrected chi connectivity index (χ4v) is 2.37. The standard InChI is InChI=1S/C14H29NO2/c1-11(2)8-15-9-13(16)10-17-14-6-4-5-12(3)7-14/h11-16H,4-10H2,1-3H3/t12-,13-,14-/m1/s1. The zero-order valence-electron chi connectivity index (χ0n) is 11.6. The second-order valence-electron chi connectivity index (χ2n) is 5.93. The van der Waals surface area contributed by atoms with Gasteiger partial charge in [0.15, 0.2) is 0 Å². The van der Waals surface area contributed by atoms with Crippen LogP contribution in [0.2, 0.25) is 0 Å². The van der Waals surface area contributed by atoms with Gasteiger partial charge in [0.05, 0.1) is 18.8 Å². The molecule has 1 fully saturated rings. The molecule has 0 saturated heterocycles. The highest BCUT2D eigenvalue weighted by atomic mass is 16.5. The largest absolute Gasteiger partial charge is 0.389 e. The Bertz CT molecular complexity index is 197. The number of nitrogens with one attached hydrogen (secondary N) is 1. The molecule has 3 atom stereocenters. The van der Waals surface area contributed by atoms with Gasteiger partial charge in [-0.25, -0.2) is 0 Å². The Balaban J connectivity index is 2.04. The van der Waals surface area contributed by atoms with Crippen LogP contribution in [0.4, 0.5) is 0 Å². The van der Waals surface area contributed by atoms with Gasteiger partial charge in [-0.2, -0.15) is 0 Å². The highest BCUT2D eigenvalue weighted by Crippen LogP contribution is 2.25. The number of ether oxygens (including phenoxy) is 1. The molecule has 3 nitrogen and oxygen atoms in total. The zero-order chi connectivity index (χ0) is 12.7. The van der Waals surface area contributed by atoms with E-state index < -0.39 is 0 Å². The summed E-state index contributed by atoms with van der Waals surface area (Å²) in [6.45, 7) is 8.69. The van der Waals surface area contributed by atoms with E-state index in [0.29, 0.717) is 25.2 Å². The molecule has 17 heavy (non-hydrogen) atoms. The average Bonchev–Trinajstić information content (AvgIpc) is 2.26. The van der Waals surface area contributed by atoms with Gasteiger partial charge < -0.3 is 15.2 Å². The number of aliphatic hydroxyl groups excluding tert-OH is 1. The summed E-state index contributed by atoms with van der Waals surface area (Å²) in [5.74, 6) is 1.41. The van der Waals surface area contributed by atoms with E-state index in [9.17, 15) is 5.11 Å². The van der Waals surface area contributed by atoms with Crippen molar-refractivity contribution in [3.05, 3.63) is 0 Å². The van der Waals surface area contributed by atoms with Gasteiger partial charge in [-0.3, -0.25) is 0 Å². The fourth-order valence-electron chi connectivity index (χ4n) is 2.37. The number of hydrogen-bond acceptors (Lipinski definition) is 3. The molecule has 1 aliphatic rings. The summed E-state index contributed by atoms with van der Waals surface area (Å²) in [5.41, 5.74) is 0. The molecule has 2 N–H and O–H groups in total. The van der Waals surface area contributed by atoms with Crippen LogP contribution in [0.3, 0.4) is 0 Å². The molecule has 0 bridgehead atoms. The van der Waals surface area contributed by atoms with Crippen LogP contribution in [0.5, 0.6) is 0 Å². The maximum absolute atomic E-state index is 9.77. The highest BCUT2D eigenvalue weighted by Gasteiger charge is 2.20. The van der Waals surface area contributed by atoms with Crippen molar-refractivity contribution in [2.24, 2.45) is 11.8 Å². The van der Waals surface area contributed by atoms with Crippen molar-refractivity contribution in [3.63, 3.8) is 0 Å². The van der Waals surface area contributed by atoms with Crippen LogP contribution in [0.15, 0.2) is 0 Å². The van der Waals surface area contributed by atoms with Gasteiger partial charge in [0.1, 0.15) is 0 Å².